The summed E-state index contributed by atoms with van der Waals surface area (Å²) in [5.74, 6) is 1.47. The van der Waals surface area contributed by atoms with Crippen molar-refractivity contribution >= 4 is 5.91 Å². The maximum atomic E-state index is 12.1. The van der Waals surface area contributed by atoms with Crippen LogP contribution in [-0.2, 0) is 6.54 Å². The van der Waals surface area contributed by atoms with Crippen LogP contribution < -0.4 is 10.9 Å². The summed E-state index contributed by atoms with van der Waals surface area (Å²) in [6.45, 7) is 3.58. The highest BCUT2D eigenvalue weighted by molar-refractivity contribution is 5.95. The average Bonchev–Trinajstić information content (AvgIpc) is 3.11. The van der Waals surface area contributed by atoms with Crippen molar-refractivity contribution in [3.63, 3.8) is 0 Å². The molecule has 2 N–H and O–H groups in total. The van der Waals surface area contributed by atoms with E-state index in [1.807, 2.05) is 0 Å². The molecule has 0 fully saturated rings. The SMILES string of the molecule is Cc1cc(C(=O)NCc2nc(-c3cc[nH]c(=O)c3)no2)c(C)o1. The van der Waals surface area contributed by atoms with Crippen molar-refractivity contribution in [2.24, 2.45) is 0 Å². The zero-order valence-corrected chi connectivity index (χ0v) is 12.5. The Hall–Kier alpha value is -3.16. The van der Waals surface area contributed by atoms with Crippen molar-refractivity contribution in [1.29, 1.82) is 0 Å². The number of furan rings is 1. The highest BCUT2D eigenvalue weighted by Gasteiger charge is 2.15. The minimum atomic E-state index is -0.282. The van der Waals surface area contributed by atoms with Crippen molar-refractivity contribution in [3.8, 4) is 11.4 Å². The molecule has 1 amide bonds. The molecule has 0 radical (unpaired) electrons. The van der Waals surface area contributed by atoms with Gasteiger partial charge in [-0.25, -0.2) is 0 Å². The monoisotopic (exact) mass is 314 g/mol. The number of hydrogen-bond acceptors (Lipinski definition) is 6. The normalized spacial score (nSPS) is 10.7. The van der Waals surface area contributed by atoms with Crippen molar-refractivity contribution in [3.05, 3.63) is 57.7 Å². The standard InChI is InChI=1S/C15H14N4O4/c1-8-5-11(9(2)22-8)15(21)17-7-13-18-14(19-23-13)10-3-4-16-12(20)6-10/h3-6H,7H2,1-2H3,(H,16,20)(H,17,21). The predicted octanol–water partition coefficient (Wildman–Crippen LogP) is 1.56. The molecule has 0 saturated heterocycles. The van der Waals surface area contributed by atoms with Gasteiger partial charge in [0.05, 0.1) is 12.1 Å². The minimum Gasteiger partial charge on any atom is -0.466 e. The number of aryl methyl sites for hydroxylation is 2. The Kier molecular flexibility index (Phi) is 3.80. The third kappa shape index (κ3) is 3.20. The van der Waals surface area contributed by atoms with E-state index in [9.17, 15) is 9.59 Å². The minimum absolute atomic E-state index is 0.0820. The van der Waals surface area contributed by atoms with Gasteiger partial charge in [-0.1, -0.05) is 5.16 Å². The second-order valence-electron chi connectivity index (χ2n) is 4.96. The predicted molar refractivity (Wildman–Crippen MR) is 79.7 cm³/mol. The topological polar surface area (TPSA) is 114 Å². The second-order valence-corrected chi connectivity index (χ2v) is 4.96. The molecule has 0 spiro atoms. The highest BCUT2D eigenvalue weighted by Crippen LogP contribution is 2.15. The molecular weight excluding hydrogens is 300 g/mol. The van der Waals surface area contributed by atoms with Gasteiger partial charge >= 0.3 is 0 Å². The molecule has 0 aliphatic heterocycles. The first-order valence-electron chi connectivity index (χ1n) is 6.90. The smallest absolute Gasteiger partial charge is 0.255 e. The number of nitrogens with one attached hydrogen (secondary N) is 2. The first-order valence-corrected chi connectivity index (χ1v) is 6.90. The Morgan fingerprint density at radius 3 is 2.87 bits per heavy atom. The van der Waals surface area contributed by atoms with Crippen molar-refractivity contribution in [2.75, 3.05) is 0 Å². The summed E-state index contributed by atoms with van der Waals surface area (Å²) in [7, 11) is 0. The number of hydrogen-bond donors (Lipinski definition) is 2. The fraction of sp³-hybridized carbons (Fsp3) is 0.200. The Morgan fingerprint density at radius 1 is 1.35 bits per heavy atom. The number of aromatic amines is 1. The number of aromatic nitrogens is 3. The number of carbonyl (C=O) groups excluding carboxylic acids is 1. The molecule has 3 rings (SSSR count). The molecule has 3 aromatic heterocycles. The molecular formula is C15H14N4O4. The maximum absolute atomic E-state index is 12.1. The lowest BCUT2D eigenvalue weighted by Crippen LogP contribution is -2.23. The maximum Gasteiger partial charge on any atom is 0.255 e. The number of amides is 1. The Morgan fingerprint density at radius 2 is 2.17 bits per heavy atom. The summed E-state index contributed by atoms with van der Waals surface area (Å²) < 4.78 is 10.4. The molecule has 3 aromatic rings. The van der Waals surface area contributed by atoms with E-state index >= 15 is 0 Å². The average molecular weight is 314 g/mol. The zero-order valence-electron chi connectivity index (χ0n) is 12.5. The van der Waals surface area contributed by atoms with E-state index in [-0.39, 0.29) is 29.7 Å². The molecule has 0 bridgehead atoms. The molecule has 0 saturated carbocycles. The third-order valence-electron chi connectivity index (χ3n) is 3.19. The number of H-pyrrole nitrogens is 1. The highest BCUT2D eigenvalue weighted by atomic mass is 16.5. The lowest BCUT2D eigenvalue weighted by molar-refractivity contribution is 0.0944. The number of nitrogens with zero attached hydrogens (tertiary/aromatic N) is 2. The van der Waals surface area contributed by atoms with Crippen LogP contribution in [0.25, 0.3) is 11.4 Å². The lowest BCUT2D eigenvalue weighted by atomic mass is 10.2. The van der Waals surface area contributed by atoms with E-state index in [0.29, 0.717) is 22.6 Å². The van der Waals surface area contributed by atoms with Gasteiger partial charge < -0.3 is 19.2 Å². The van der Waals surface area contributed by atoms with Gasteiger partial charge in [0.2, 0.25) is 17.3 Å². The molecule has 23 heavy (non-hydrogen) atoms. The van der Waals surface area contributed by atoms with Crippen LogP contribution in [0.1, 0.15) is 27.8 Å². The Bertz CT molecular complexity index is 906. The van der Waals surface area contributed by atoms with Crippen LogP contribution in [0.2, 0.25) is 0 Å². The van der Waals surface area contributed by atoms with E-state index < -0.39 is 0 Å². The van der Waals surface area contributed by atoms with Crippen LogP contribution in [-0.4, -0.2) is 21.0 Å². The fourth-order valence-electron chi connectivity index (χ4n) is 2.13. The Balaban J connectivity index is 1.69. The molecule has 3 heterocycles. The van der Waals surface area contributed by atoms with Crippen LogP contribution >= 0.6 is 0 Å². The van der Waals surface area contributed by atoms with Gasteiger partial charge in [0.1, 0.15) is 11.5 Å². The second kappa shape index (κ2) is 5.91. The van der Waals surface area contributed by atoms with Crippen molar-refractivity contribution in [2.45, 2.75) is 20.4 Å². The zero-order chi connectivity index (χ0) is 16.4. The van der Waals surface area contributed by atoms with Crippen molar-refractivity contribution in [1.82, 2.24) is 20.4 Å². The van der Waals surface area contributed by atoms with E-state index in [4.69, 9.17) is 8.94 Å². The van der Waals surface area contributed by atoms with Gasteiger partial charge in [-0.05, 0) is 26.0 Å². The summed E-state index contributed by atoms with van der Waals surface area (Å²) in [5.41, 5.74) is 0.751. The van der Waals surface area contributed by atoms with Crippen LogP contribution in [0, 0.1) is 13.8 Å². The third-order valence-corrected chi connectivity index (χ3v) is 3.19. The number of rotatable bonds is 4. The molecule has 8 heteroatoms. The van der Waals surface area contributed by atoms with E-state index in [1.54, 1.807) is 26.0 Å². The summed E-state index contributed by atoms with van der Waals surface area (Å²) in [4.78, 5) is 30.0. The molecule has 0 unspecified atom stereocenters. The molecule has 0 atom stereocenters. The molecule has 0 aliphatic carbocycles. The van der Waals surface area contributed by atoms with Crippen LogP contribution in [0.3, 0.4) is 0 Å². The van der Waals surface area contributed by atoms with E-state index in [0.717, 1.165) is 0 Å². The number of pyridine rings is 1. The largest absolute Gasteiger partial charge is 0.466 e. The molecule has 8 nitrogen and oxygen atoms in total. The quantitative estimate of drug-likeness (QED) is 0.755. The van der Waals surface area contributed by atoms with E-state index in [1.165, 1.54) is 12.3 Å². The fourth-order valence-corrected chi connectivity index (χ4v) is 2.13. The lowest BCUT2D eigenvalue weighted by Gasteiger charge is -1.99. The first kappa shape index (κ1) is 14.8. The van der Waals surface area contributed by atoms with Crippen LogP contribution in [0.4, 0.5) is 0 Å². The summed E-state index contributed by atoms with van der Waals surface area (Å²) in [6, 6.07) is 4.69. The molecule has 118 valence electrons. The first-order chi connectivity index (χ1) is 11.0. The van der Waals surface area contributed by atoms with Crippen LogP contribution in [0.15, 0.2) is 38.1 Å². The number of carbonyl (C=O) groups is 1. The van der Waals surface area contributed by atoms with Gasteiger partial charge in [0.25, 0.3) is 5.91 Å². The van der Waals surface area contributed by atoms with Gasteiger partial charge in [-0.15, -0.1) is 0 Å². The summed E-state index contributed by atoms with van der Waals surface area (Å²) in [5, 5.41) is 6.47. The van der Waals surface area contributed by atoms with Crippen LogP contribution in [0.5, 0.6) is 0 Å². The van der Waals surface area contributed by atoms with Gasteiger partial charge in [-0.2, -0.15) is 4.98 Å². The van der Waals surface area contributed by atoms with Gasteiger partial charge in [0, 0.05) is 17.8 Å². The summed E-state index contributed by atoms with van der Waals surface area (Å²) >= 11 is 0. The van der Waals surface area contributed by atoms with Gasteiger partial charge in [-0.3, -0.25) is 9.59 Å². The Labute approximate surface area is 130 Å². The summed E-state index contributed by atoms with van der Waals surface area (Å²) in [6.07, 6.45) is 1.50. The van der Waals surface area contributed by atoms with Gasteiger partial charge in [0.15, 0.2) is 0 Å². The molecule has 0 aliphatic rings. The van der Waals surface area contributed by atoms with E-state index in [2.05, 4.69) is 20.4 Å². The van der Waals surface area contributed by atoms with Crippen molar-refractivity contribution < 1.29 is 13.7 Å². The molecule has 0 aromatic carbocycles.